The Kier molecular flexibility index (Phi) is 7.62. The van der Waals surface area contributed by atoms with Gasteiger partial charge in [0.15, 0.2) is 13.2 Å². The molecule has 0 aliphatic carbocycles. The second-order valence-electron chi connectivity index (χ2n) is 7.77. The minimum Gasteiger partial charge on any atom is -0.497 e. The topological polar surface area (TPSA) is 86.7 Å². The van der Waals surface area contributed by atoms with E-state index in [0.717, 1.165) is 22.6 Å². The molecule has 0 fully saturated rings. The SMILES string of the molecule is COc1ccc(OCC(=O)OCC(=O)N2N=C(c3ccccc3)CC2c2ccc(OC)cc2)cc1. The van der Waals surface area contributed by atoms with Crippen molar-refractivity contribution in [1.82, 2.24) is 5.01 Å². The number of esters is 1. The van der Waals surface area contributed by atoms with Gasteiger partial charge in [0, 0.05) is 6.42 Å². The molecule has 1 heterocycles. The molecule has 0 N–H and O–H groups in total. The predicted octanol–water partition coefficient (Wildman–Crippen LogP) is 4.00. The van der Waals surface area contributed by atoms with E-state index in [2.05, 4.69) is 5.10 Å². The quantitative estimate of drug-likeness (QED) is 0.436. The van der Waals surface area contributed by atoms with E-state index in [4.69, 9.17) is 18.9 Å². The summed E-state index contributed by atoms with van der Waals surface area (Å²) >= 11 is 0. The van der Waals surface area contributed by atoms with Gasteiger partial charge in [-0.05, 0) is 47.5 Å². The van der Waals surface area contributed by atoms with Crippen LogP contribution in [0.1, 0.15) is 23.6 Å². The van der Waals surface area contributed by atoms with Crippen LogP contribution in [-0.4, -0.2) is 50.0 Å². The van der Waals surface area contributed by atoms with Gasteiger partial charge in [0.25, 0.3) is 5.91 Å². The monoisotopic (exact) mass is 474 g/mol. The molecular formula is C27H26N2O6. The fraction of sp³-hybridized carbons (Fsp3) is 0.222. The van der Waals surface area contributed by atoms with Crippen LogP contribution in [0.2, 0.25) is 0 Å². The largest absolute Gasteiger partial charge is 0.497 e. The Bertz CT molecular complexity index is 1180. The third kappa shape index (κ3) is 5.97. The van der Waals surface area contributed by atoms with Crippen molar-refractivity contribution in [1.29, 1.82) is 0 Å². The van der Waals surface area contributed by atoms with Crippen LogP contribution < -0.4 is 14.2 Å². The molecule has 1 unspecified atom stereocenters. The third-order valence-electron chi connectivity index (χ3n) is 5.55. The van der Waals surface area contributed by atoms with E-state index in [1.165, 1.54) is 5.01 Å². The van der Waals surface area contributed by atoms with Crippen molar-refractivity contribution in [3.05, 3.63) is 90.0 Å². The number of nitrogens with zero attached hydrogens (tertiary/aromatic N) is 2. The number of carbonyl (C=O) groups is 2. The molecular weight excluding hydrogens is 448 g/mol. The van der Waals surface area contributed by atoms with Crippen molar-refractivity contribution in [3.63, 3.8) is 0 Å². The Labute approximate surface area is 203 Å². The zero-order valence-electron chi connectivity index (χ0n) is 19.5. The first-order valence-electron chi connectivity index (χ1n) is 11.1. The van der Waals surface area contributed by atoms with Crippen LogP contribution in [0.5, 0.6) is 17.2 Å². The van der Waals surface area contributed by atoms with Gasteiger partial charge >= 0.3 is 5.97 Å². The number of ether oxygens (including phenoxy) is 4. The first kappa shape index (κ1) is 23.8. The molecule has 0 saturated heterocycles. The second kappa shape index (κ2) is 11.2. The summed E-state index contributed by atoms with van der Waals surface area (Å²) < 4.78 is 20.9. The molecule has 0 spiro atoms. The molecule has 0 aromatic heterocycles. The van der Waals surface area contributed by atoms with Gasteiger partial charge < -0.3 is 18.9 Å². The summed E-state index contributed by atoms with van der Waals surface area (Å²) in [5.41, 5.74) is 2.63. The Balaban J connectivity index is 1.41. The van der Waals surface area contributed by atoms with Crippen molar-refractivity contribution < 1.29 is 28.5 Å². The summed E-state index contributed by atoms with van der Waals surface area (Å²) in [6.45, 7) is -0.761. The number of carbonyl (C=O) groups excluding carboxylic acids is 2. The van der Waals surface area contributed by atoms with Crippen LogP contribution in [-0.2, 0) is 14.3 Å². The Hall–Kier alpha value is -4.33. The Morgan fingerprint density at radius 1 is 0.829 bits per heavy atom. The molecule has 1 amide bonds. The molecule has 3 aromatic carbocycles. The molecule has 8 nitrogen and oxygen atoms in total. The summed E-state index contributed by atoms with van der Waals surface area (Å²) in [5, 5.41) is 5.97. The van der Waals surface area contributed by atoms with Crippen LogP contribution in [0, 0.1) is 0 Å². The van der Waals surface area contributed by atoms with E-state index < -0.39 is 18.5 Å². The van der Waals surface area contributed by atoms with Crippen molar-refractivity contribution >= 4 is 17.6 Å². The van der Waals surface area contributed by atoms with Crippen LogP contribution in [0.3, 0.4) is 0 Å². The zero-order chi connectivity index (χ0) is 24.6. The molecule has 1 aliphatic rings. The summed E-state index contributed by atoms with van der Waals surface area (Å²) in [6.07, 6.45) is 0.538. The minimum atomic E-state index is -0.651. The van der Waals surface area contributed by atoms with Gasteiger partial charge in [0.1, 0.15) is 17.2 Å². The first-order chi connectivity index (χ1) is 17.1. The van der Waals surface area contributed by atoms with E-state index in [1.54, 1.807) is 38.5 Å². The van der Waals surface area contributed by atoms with E-state index in [1.807, 2.05) is 54.6 Å². The molecule has 8 heteroatoms. The van der Waals surface area contributed by atoms with Gasteiger partial charge in [-0.3, -0.25) is 4.79 Å². The fourth-order valence-corrected chi connectivity index (χ4v) is 3.70. The number of methoxy groups -OCH3 is 2. The third-order valence-corrected chi connectivity index (χ3v) is 5.55. The predicted molar refractivity (Wildman–Crippen MR) is 130 cm³/mol. The Morgan fingerprint density at radius 2 is 1.43 bits per heavy atom. The van der Waals surface area contributed by atoms with Gasteiger partial charge in [0.05, 0.1) is 26.0 Å². The van der Waals surface area contributed by atoms with Gasteiger partial charge in [-0.25, -0.2) is 9.80 Å². The lowest BCUT2D eigenvalue weighted by Crippen LogP contribution is -2.32. The summed E-state index contributed by atoms with van der Waals surface area (Å²) in [6, 6.07) is 23.7. The standard InChI is InChI=1S/C27H26N2O6/c1-32-21-10-8-20(9-11-21)25-16-24(19-6-4-3-5-7-19)28-29(25)26(30)17-35-27(31)18-34-23-14-12-22(33-2)13-15-23/h3-15,25H,16-18H2,1-2H3. The lowest BCUT2D eigenvalue weighted by Gasteiger charge is -2.22. The maximum absolute atomic E-state index is 13.0. The molecule has 4 rings (SSSR count). The first-order valence-corrected chi connectivity index (χ1v) is 11.1. The Morgan fingerprint density at radius 3 is 2.06 bits per heavy atom. The molecule has 180 valence electrons. The zero-order valence-corrected chi connectivity index (χ0v) is 19.5. The molecule has 0 bridgehead atoms. The highest BCUT2D eigenvalue weighted by molar-refractivity contribution is 6.03. The van der Waals surface area contributed by atoms with Crippen LogP contribution in [0.4, 0.5) is 0 Å². The summed E-state index contributed by atoms with van der Waals surface area (Å²) in [7, 11) is 3.17. The molecule has 35 heavy (non-hydrogen) atoms. The lowest BCUT2D eigenvalue weighted by molar-refractivity contribution is -0.154. The van der Waals surface area contributed by atoms with Crippen LogP contribution in [0.25, 0.3) is 0 Å². The normalized spacial score (nSPS) is 14.7. The maximum Gasteiger partial charge on any atom is 0.344 e. The summed E-state index contributed by atoms with van der Waals surface area (Å²) in [5.74, 6) is 0.819. The van der Waals surface area contributed by atoms with Crippen LogP contribution in [0.15, 0.2) is 84.0 Å². The van der Waals surface area contributed by atoms with Crippen molar-refractivity contribution in [3.8, 4) is 17.2 Å². The molecule has 0 saturated carbocycles. The van der Waals surface area contributed by atoms with E-state index in [-0.39, 0.29) is 12.6 Å². The average Bonchev–Trinajstić information content (AvgIpc) is 3.37. The second-order valence-corrected chi connectivity index (χ2v) is 7.77. The van der Waals surface area contributed by atoms with Crippen molar-refractivity contribution in [2.24, 2.45) is 5.10 Å². The highest BCUT2D eigenvalue weighted by Crippen LogP contribution is 2.33. The fourth-order valence-electron chi connectivity index (χ4n) is 3.70. The summed E-state index contributed by atoms with van der Waals surface area (Å²) in [4.78, 5) is 25.2. The number of benzene rings is 3. The molecule has 3 aromatic rings. The number of hydrazone groups is 1. The van der Waals surface area contributed by atoms with Gasteiger partial charge in [-0.15, -0.1) is 0 Å². The van der Waals surface area contributed by atoms with Crippen molar-refractivity contribution in [2.45, 2.75) is 12.5 Å². The number of hydrogen-bond donors (Lipinski definition) is 0. The lowest BCUT2D eigenvalue weighted by atomic mass is 9.98. The number of amides is 1. The number of hydrogen-bond acceptors (Lipinski definition) is 7. The van der Waals surface area contributed by atoms with Crippen LogP contribution >= 0.6 is 0 Å². The molecule has 0 radical (unpaired) electrons. The minimum absolute atomic E-state index is 0.319. The van der Waals surface area contributed by atoms with Gasteiger partial charge in [-0.2, -0.15) is 5.10 Å². The smallest absolute Gasteiger partial charge is 0.344 e. The molecule has 1 atom stereocenters. The average molecular weight is 475 g/mol. The van der Waals surface area contributed by atoms with E-state index >= 15 is 0 Å². The van der Waals surface area contributed by atoms with E-state index in [9.17, 15) is 9.59 Å². The van der Waals surface area contributed by atoms with E-state index in [0.29, 0.717) is 17.9 Å². The van der Waals surface area contributed by atoms with Crippen molar-refractivity contribution in [2.75, 3.05) is 27.4 Å². The molecule has 1 aliphatic heterocycles. The van der Waals surface area contributed by atoms with Gasteiger partial charge in [0.2, 0.25) is 0 Å². The highest BCUT2D eigenvalue weighted by atomic mass is 16.6. The maximum atomic E-state index is 13.0. The number of rotatable bonds is 9. The van der Waals surface area contributed by atoms with Gasteiger partial charge in [-0.1, -0.05) is 42.5 Å². The highest BCUT2D eigenvalue weighted by Gasteiger charge is 2.33.